The van der Waals surface area contributed by atoms with Crippen LogP contribution in [0.4, 0.5) is 0 Å². The zero-order chi connectivity index (χ0) is 18.4. The van der Waals surface area contributed by atoms with Crippen LogP contribution in [0, 0.1) is 0 Å². The highest BCUT2D eigenvalue weighted by atomic mass is 32.1. The van der Waals surface area contributed by atoms with Crippen molar-refractivity contribution in [2.75, 3.05) is 13.7 Å². The Kier molecular flexibility index (Phi) is 5.98. The third-order valence-corrected chi connectivity index (χ3v) is 5.31. The van der Waals surface area contributed by atoms with Crippen LogP contribution in [0.5, 0.6) is 5.75 Å². The number of nitrogens with zero attached hydrogens (tertiary/aromatic N) is 1. The van der Waals surface area contributed by atoms with Crippen LogP contribution in [-0.4, -0.2) is 30.6 Å². The molecule has 0 spiro atoms. The molecular formula is C18H16N2O4S2. The molecule has 0 aliphatic heterocycles. The number of nitrogens with one attached hydrogen (secondary N) is 1. The number of hydrogen-bond donors (Lipinski definition) is 1. The molecule has 2 aromatic heterocycles. The summed E-state index contributed by atoms with van der Waals surface area (Å²) in [7, 11) is 1.59. The molecule has 0 unspecified atom stereocenters. The van der Waals surface area contributed by atoms with E-state index in [4.69, 9.17) is 9.47 Å². The average Bonchev–Trinajstić information content (AvgIpc) is 3.36. The summed E-state index contributed by atoms with van der Waals surface area (Å²) in [6, 6.07) is 11.2. The van der Waals surface area contributed by atoms with Crippen LogP contribution in [0.25, 0.3) is 9.88 Å². The van der Waals surface area contributed by atoms with Gasteiger partial charge in [-0.3, -0.25) is 4.79 Å². The summed E-state index contributed by atoms with van der Waals surface area (Å²) < 4.78 is 10.1. The van der Waals surface area contributed by atoms with Crippen molar-refractivity contribution in [2.45, 2.75) is 6.54 Å². The van der Waals surface area contributed by atoms with E-state index in [1.807, 2.05) is 41.8 Å². The molecule has 0 fully saturated rings. The van der Waals surface area contributed by atoms with Gasteiger partial charge in [-0.2, -0.15) is 0 Å². The lowest BCUT2D eigenvalue weighted by atomic mass is 10.2. The molecule has 1 N–H and O–H groups in total. The number of carbonyl (C=O) groups excluding carboxylic acids is 2. The first-order chi connectivity index (χ1) is 12.7. The van der Waals surface area contributed by atoms with E-state index in [-0.39, 0.29) is 18.2 Å². The number of hydrogen-bond acceptors (Lipinski definition) is 7. The topological polar surface area (TPSA) is 77.5 Å². The Hall–Kier alpha value is -2.71. The van der Waals surface area contributed by atoms with Crippen molar-refractivity contribution in [1.29, 1.82) is 0 Å². The second kappa shape index (κ2) is 8.59. The summed E-state index contributed by atoms with van der Waals surface area (Å²) in [5.41, 5.74) is 1.13. The van der Waals surface area contributed by atoms with Crippen LogP contribution in [0.2, 0.25) is 0 Å². The third kappa shape index (κ3) is 4.68. The van der Waals surface area contributed by atoms with Gasteiger partial charge in [0.05, 0.1) is 12.0 Å². The third-order valence-electron chi connectivity index (χ3n) is 3.43. The van der Waals surface area contributed by atoms with Crippen molar-refractivity contribution in [3.63, 3.8) is 0 Å². The fourth-order valence-electron chi connectivity index (χ4n) is 2.08. The monoisotopic (exact) mass is 388 g/mol. The molecule has 0 atom stereocenters. The fourth-order valence-corrected chi connectivity index (χ4v) is 3.68. The maximum atomic E-state index is 12.0. The molecule has 0 bridgehead atoms. The molecule has 6 nitrogen and oxygen atoms in total. The van der Waals surface area contributed by atoms with E-state index in [2.05, 4.69) is 10.3 Å². The van der Waals surface area contributed by atoms with E-state index in [9.17, 15) is 9.59 Å². The molecule has 0 aliphatic carbocycles. The number of amides is 1. The molecule has 0 radical (unpaired) electrons. The van der Waals surface area contributed by atoms with E-state index in [1.54, 1.807) is 23.8 Å². The Bertz CT molecular complexity index is 873. The Morgan fingerprint density at radius 3 is 2.65 bits per heavy atom. The number of thiophene rings is 1. The predicted octanol–water partition coefficient (Wildman–Crippen LogP) is 3.35. The zero-order valence-electron chi connectivity index (χ0n) is 13.9. The summed E-state index contributed by atoms with van der Waals surface area (Å²) in [6.45, 7) is 0.000452. The summed E-state index contributed by atoms with van der Waals surface area (Å²) in [6.07, 6.45) is 0. The number of benzene rings is 1. The van der Waals surface area contributed by atoms with Crippen LogP contribution in [0.1, 0.15) is 16.1 Å². The van der Waals surface area contributed by atoms with Gasteiger partial charge in [0.2, 0.25) is 0 Å². The smallest absolute Gasteiger partial charge is 0.358 e. The molecule has 2 heterocycles. The Morgan fingerprint density at radius 2 is 1.96 bits per heavy atom. The minimum absolute atomic E-state index is 0.210. The number of rotatable bonds is 7. The highest BCUT2D eigenvalue weighted by molar-refractivity contribution is 7.20. The molecular weight excluding hydrogens is 372 g/mol. The normalized spacial score (nSPS) is 10.3. The maximum absolute atomic E-state index is 12.0. The molecule has 3 rings (SSSR count). The summed E-state index contributed by atoms with van der Waals surface area (Å²) in [5.74, 6) is -0.231. The first-order valence-corrected chi connectivity index (χ1v) is 9.48. The number of carbonyl (C=O) groups is 2. The summed E-state index contributed by atoms with van der Waals surface area (Å²) >= 11 is 2.92. The Morgan fingerprint density at radius 1 is 1.15 bits per heavy atom. The molecule has 1 aromatic carbocycles. The molecule has 8 heteroatoms. The summed E-state index contributed by atoms with van der Waals surface area (Å²) in [5, 5.41) is 7.04. The lowest BCUT2D eigenvalue weighted by Crippen LogP contribution is -2.28. The predicted molar refractivity (Wildman–Crippen MR) is 101 cm³/mol. The lowest BCUT2D eigenvalue weighted by Gasteiger charge is -2.06. The molecule has 26 heavy (non-hydrogen) atoms. The SMILES string of the molecule is COc1ccc(CNC(=O)COC(=O)c2csc(-c3cccs3)n2)cc1. The standard InChI is InChI=1S/C18H16N2O4S2/c1-23-13-6-4-12(5-7-13)9-19-16(21)10-24-18(22)14-11-26-17(20-14)15-3-2-8-25-15/h2-8,11H,9-10H2,1H3,(H,19,21). The van der Waals surface area contributed by atoms with Crippen molar-refractivity contribution in [2.24, 2.45) is 0 Å². The van der Waals surface area contributed by atoms with Gasteiger partial charge in [-0.25, -0.2) is 9.78 Å². The van der Waals surface area contributed by atoms with Crippen molar-refractivity contribution in [3.8, 4) is 15.6 Å². The van der Waals surface area contributed by atoms with Crippen molar-refractivity contribution < 1.29 is 19.1 Å². The van der Waals surface area contributed by atoms with Crippen molar-refractivity contribution >= 4 is 34.6 Å². The van der Waals surface area contributed by atoms with Gasteiger partial charge in [-0.1, -0.05) is 18.2 Å². The van der Waals surface area contributed by atoms with Gasteiger partial charge in [0, 0.05) is 11.9 Å². The molecule has 1 amide bonds. The van der Waals surface area contributed by atoms with E-state index in [0.29, 0.717) is 6.54 Å². The van der Waals surface area contributed by atoms with Gasteiger partial charge in [0.25, 0.3) is 5.91 Å². The highest BCUT2D eigenvalue weighted by Gasteiger charge is 2.15. The first-order valence-electron chi connectivity index (χ1n) is 7.72. The largest absolute Gasteiger partial charge is 0.497 e. The minimum Gasteiger partial charge on any atom is -0.497 e. The van der Waals surface area contributed by atoms with Crippen molar-refractivity contribution in [1.82, 2.24) is 10.3 Å². The maximum Gasteiger partial charge on any atom is 0.358 e. The average molecular weight is 388 g/mol. The van der Waals surface area contributed by atoms with Crippen LogP contribution in [0.3, 0.4) is 0 Å². The molecule has 3 aromatic rings. The Labute approximate surface area is 158 Å². The number of esters is 1. The van der Waals surface area contributed by atoms with Crippen molar-refractivity contribution in [3.05, 3.63) is 58.4 Å². The van der Waals surface area contributed by atoms with Gasteiger partial charge >= 0.3 is 5.97 Å². The Balaban J connectivity index is 1.45. The molecule has 0 saturated heterocycles. The van der Waals surface area contributed by atoms with Crippen LogP contribution in [0.15, 0.2) is 47.2 Å². The number of ether oxygens (including phenoxy) is 2. The second-order valence-corrected chi connectivity index (χ2v) is 7.02. The van der Waals surface area contributed by atoms with Gasteiger partial charge < -0.3 is 14.8 Å². The van der Waals surface area contributed by atoms with E-state index < -0.39 is 5.97 Å². The zero-order valence-corrected chi connectivity index (χ0v) is 15.6. The van der Waals surface area contributed by atoms with E-state index in [0.717, 1.165) is 21.2 Å². The quantitative estimate of drug-likeness (QED) is 0.628. The lowest BCUT2D eigenvalue weighted by molar-refractivity contribution is -0.124. The molecule has 134 valence electrons. The van der Waals surface area contributed by atoms with Crippen LogP contribution in [-0.2, 0) is 16.1 Å². The van der Waals surface area contributed by atoms with Crippen LogP contribution >= 0.6 is 22.7 Å². The van der Waals surface area contributed by atoms with E-state index in [1.165, 1.54) is 11.3 Å². The van der Waals surface area contributed by atoms with Gasteiger partial charge in [0.15, 0.2) is 12.3 Å². The van der Waals surface area contributed by atoms with Gasteiger partial charge in [-0.05, 0) is 29.1 Å². The van der Waals surface area contributed by atoms with Crippen LogP contribution < -0.4 is 10.1 Å². The van der Waals surface area contributed by atoms with Gasteiger partial charge in [-0.15, -0.1) is 22.7 Å². The number of thiazole rings is 1. The number of methoxy groups -OCH3 is 1. The second-order valence-electron chi connectivity index (χ2n) is 5.22. The highest BCUT2D eigenvalue weighted by Crippen LogP contribution is 2.27. The fraction of sp³-hybridized carbons (Fsp3) is 0.167. The number of aromatic nitrogens is 1. The van der Waals surface area contributed by atoms with Gasteiger partial charge in [0.1, 0.15) is 10.8 Å². The minimum atomic E-state index is -0.608. The molecule has 0 saturated carbocycles. The van der Waals surface area contributed by atoms with E-state index >= 15 is 0 Å². The molecule has 0 aliphatic rings. The summed E-state index contributed by atoms with van der Waals surface area (Å²) in [4.78, 5) is 29.1. The first kappa shape index (κ1) is 18.1.